The molecule has 0 fully saturated rings. The molecule has 0 unspecified atom stereocenters. The number of rotatable bonds is 2. The Morgan fingerprint density at radius 2 is 2.12 bits per heavy atom. The number of benzene rings is 1. The molecule has 6 heteroatoms. The van der Waals surface area contributed by atoms with E-state index < -0.39 is 0 Å². The summed E-state index contributed by atoms with van der Waals surface area (Å²) in [5.74, 6) is 1.80. The number of hydrogen-bond donors (Lipinski definition) is 2. The van der Waals surface area contributed by atoms with Crippen LogP contribution < -0.4 is 5.73 Å². The molecule has 0 saturated heterocycles. The number of thioether (sulfide) groups is 1. The first-order chi connectivity index (χ1) is 11.6. The SMILES string of the molecule is Cc1c(N)cc(F)cc1-c1ncnc2[nH]c(C3=CCSCC3)cc12. The normalized spacial score (nSPS) is 14.8. The number of allylic oxidation sites excluding steroid dienone is 1. The van der Waals surface area contributed by atoms with E-state index in [-0.39, 0.29) is 5.82 Å². The lowest BCUT2D eigenvalue weighted by molar-refractivity contribution is 0.628. The van der Waals surface area contributed by atoms with E-state index in [0.717, 1.165) is 40.2 Å². The van der Waals surface area contributed by atoms with Crippen molar-refractivity contribution in [3.63, 3.8) is 0 Å². The Labute approximate surface area is 143 Å². The van der Waals surface area contributed by atoms with Gasteiger partial charge in [0.25, 0.3) is 0 Å². The number of aromatic amines is 1. The van der Waals surface area contributed by atoms with Crippen molar-refractivity contribution in [3.8, 4) is 11.3 Å². The van der Waals surface area contributed by atoms with Crippen molar-refractivity contribution in [1.29, 1.82) is 0 Å². The Hall–Kier alpha value is -2.34. The summed E-state index contributed by atoms with van der Waals surface area (Å²) in [6.07, 6.45) is 4.78. The van der Waals surface area contributed by atoms with Crippen LogP contribution in [0.4, 0.5) is 10.1 Å². The minimum Gasteiger partial charge on any atom is -0.398 e. The minimum atomic E-state index is -0.359. The van der Waals surface area contributed by atoms with Crippen molar-refractivity contribution in [2.75, 3.05) is 17.2 Å². The molecule has 3 N–H and O–H groups in total. The van der Waals surface area contributed by atoms with Gasteiger partial charge in [0.2, 0.25) is 0 Å². The number of aromatic nitrogens is 3. The molecule has 0 aliphatic carbocycles. The van der Waals surface area contributed by atoms with Crippen LogP contribution in [-0.4, -0.2) is 26.5 Å². The van der Waals surface area contributed by atoms with Gasteiger partial charge in [0.1, 0.15) is 17.8 Å². The summed E-state index contributed by atoms with van der Waals surface area (Å²) in [5, 5.41) is 0.889. The number of nitrogens with one attached hydrogen (secondary N) is 1. The first-order valence-electron chi connectivity index (χ1n) is 7.80. The van der Waals surface area contributed by atoms with Gasteiger partial charge in [-0.2, -0.15) is 11.8 Å². The zero-order valence-electron chi connectivity index (χ0n) is 13.3. The maximum Gasteiger partial charge on any atom is 0.141 e. The molecule has 1 aromatic carbocycles. The molecule has 4 nitrogen and oxygen atoms in total. The molecule has 0 radical (unpaired) electrons. The van der Waals surface area contributed by atoms with Crippen LogP contribution in [0.2, 0.25) is 0 Å². The molecule has 24 heavy (non-hydrogen) atoms. The molecule has 1 aliphatic rings. The summed E-state index contributed by atoms with van der Waals surface area (Å²) in [4.78, 5) is 12.1. The van der Waals surface area contributed by atoms with Crippen molar-refractivity contribution < 1.29 is 4.39 Å². The predicted octanol–water partition coefficient (Wildman–Crippen LogP) is 4.17. The Kier molecular flexibility index (Phi) is 3.76. The van der Waals surface area contributed by atoms with Gasteiger partial charge in [-0.05, 0) is 48.4 Å². The lowest BCUT2D eigenvalue weighted by Gasteiger charge is -2.10. The minimum absolute atomic E-state index is 0.359. The number of halogens is 1. The first kappa shape index (κ1) is 15.2. The molecule has 3 aromatic rings. The molecule has 3 heterocycles. The Bertz CT molecular complexity index is 961. The summed E-state index contributed by atoms with van der Waals surface area (Å²) in [5.41, 5.74) is 11.7. The van der Waals surface area contributed by atoms with Gasteiger partial charge in [-0.25, -0.2) is 14.4 Å². The number of hydrogen-bond acceptors (Lipinski definition) is 4. The summed E-state index contributed by atoms with van der Waals surface area (Å²) in [7, 11) is 0. The molecule has 0 amide bonds. The van der Waals surface area contributed by atoms with Gasteiger partial charge in [-0.15, -0.1) is 0 Å². The van der Waals surface area contributed by atoms with Crippen molar-refractivity contribution in [2.45, 2.75) is 13.3 Å². The first-order valence-corrected chi connectivity index (χ1v) is 8.96. The number of H-pyrrole nitrogens is 1. The summed E-state index contributed by atoms with van der Waals surface area (Å²) >= 11 is 1.93. The molecule has 0 atom stereocenters. The van der Waals surface area contributed by atoms with Crippen molar-refractivity contribution in [3.05, 3.63) is 47.7 Å². The smallest absolute Gasteiger partial charge is 0.141 e. The standard InChI is InChI=1S/C18H17FN4S/c1-10-13(6-12(19)7-15(10)20)17-14-8-16(11-2-4-24-5-3-11)23-18(14)22-9-21-17/h2,6-9H,3-5,20H2,1H3,(H,21,22,23). The van der Waals surface area contributed by atoms with Crippen molar-refractivity contribution in [2.24, 2.45) is 0 Å². The van der Waals surface area contributed by atoms with Crippen LogP contribution in [0.5, 0.6) is 0 Å². The highest BCUT2D eigenvalue weighted by Gasteiger charge is 2.16. The van der Waals surface area contributed by atoms with Crippen LogP contribution in [-0.2, 0) is 0 Å². The summed E-state index contributed by atoms with van der Waals surface area (Å²) in [6.45, 7) is 1.88. The molecular formula is C18H17FN4S. The number of nitrogens with zero attached hydrogens (tertiary/aromatic N) is 2. The van der Waals surface area contributed by atoms with Gasteiger partial charge in [0.05, 0.1) is 5.69 Å². The number of nitrogen functional groups attached to an aromatic ring is 1. The quantitative estimate of drug-likeness (QED) is 0.687. The van der Waals surface area contributed by atoms with Crippen LogP contribution in [0, 0.1) is 12.7 Å². The van der Waals surface area contributed by atoms with Gasteiger partial charge >= 0.3 is 0 Å². The van der Waals surface area contributed by atoms with Crippen LogP contribution in [0.3, 0.4) is 0 Å². The molecule has 1 aliphatic heterocycles. The maximum atomic E-state index is 13.8. The molecular weight excluding hydrogens is 323 g/mol. The van der Waals surface area contributed by atoms with Gasteiger partial charge in [-0.3, -0.25) is 0 Å². The molecule has 2 aromatic heterocycles. The average molecular weight is 340 g/mol. The summed E-state index contributed by atoms with van der Waals surface area (Å²) < 4.78 is 13.8. The fourth-order valence-electron chi connectivity index (χ4n) is 3.05. The number of nitrogens with two attached hydrogens (primary N) is 1. The third-order valence-electron chi connectivity index (χ3n) is 4.40. The number of fused-ring (bicyclic) bond motifs is 1. The molecule has 0 saturated carbocycles. The van der Waals surface area contributed by atoms with E-state index in [1.807, 2.05) is 18.7 Å². The second-order valence-corrected chi connectivity index (χ2v) is 7.04. The van der Waals surface area contributed by atoms with E-state index in [2.05, 4.69) is 27.1 Å². The second kappa shape index (κ2) is 5.94. The predicted molar refractivity (Wildman–Crippen MR) is 98.4 cm³/mol. The molecule has 0 spiro atoms. The van der Waals surface area contributed by atoms with E-state index in [4.69, 9.17) is 5.73 Å². The Morgan fingerprint density at radius 3 is 2.92 bits per heavy atom. The lowest BCUT2D eigenvalue weighted by Crippen LogP contribution is -1.96. The zero-order valence-corrected chi connectivity index (χ0v) is 14.1. The van der Waals surface area contributed by atoms with Gasteiger partial charge in [0.15, 0.2) is 0 Å². The fourth-order valence-corrected chi connectivity index (χ4v) is 3.90. The fraction of sp³-hybridized carbons (Fsp3) is 0.222. The van der Waals surface area contributed by atoms with Crippen LogP contribution in [0.1, 0.15) is 17.7 Å². The van der Waals surface area contributed by atoms with Crippen LogP contribution in [0.25, 0.3) is 27.9 Å². The van der Waals surface area contributed by atoms with E-state index in [9.17, 15) is 4.39 Å². The highest BCUT2D eigenvalue weighted by atomic mass is 32.2. The second-order valence-electron chi connectivity index (χ2n) is 5.89. The third-order valence-corrected chi connectivity index (χ3v) is 5.30. The van der Waals surface area contributed by atoms with E-state index in [1.165, 1.54) is 24.0 Å². The zero-order chi connectivity index (χ0) is 16.7. The molecule has 4 rings (SSSR count). The lowest BCUT2D eigenvalue weighted by atomic mass is 10.0. The highest BCUT2D eigenvalue weighted by molar-refractivity contribution is 7.99. The van der Waals surface area contributed by atoms with E-state index in [1.54, 1.807) is 0 Å². The van der Waals surface area contributed by atoms with Gasteiger partial charge in [-0.1, -0.05) is 6.08 Å². The van der Waals surface area contributed by atoms with Crippen molar-refractivity contribution >= 4 is 34.1 Å². The van der Waals surface area contributed by atoms with Gasteiger partial charge < -0.3 is 10.7 Å². The Balaban J connectivity index is 1.91. The third kappa shape index (κ3) is 2.57. The van der Waals surface area contributed by atoms with Crippen LogP contribution in [0.15, 0.2) is 30.6 Å². The number of anilines is 1. The highest BCUT2D eigenvalue weighted by Crippen LogP contribution is 2.34. The monoisotopic (exact) mass is 340 g/mol. The summed E-state index contributed by atoms with van der Waals surface area (Å²) in [6, 6.07) is 4.88. The maximum absolute atomic E-state index is 13.8. The van der Waals surface area contributed by atoms with Crippen LogP contribution >= 0.6 is 11.8 Å². The largest absolute Gasteiger partial charge is 0.398 e. The Morgan fingerprint density at radius 1 is 1.25 bits per heavy atom. The molecule has 122 valence electrons. The average Bonchev–Trinajstić information content (AvgIpc) is 3.03. The van der Waals surface area contributed by atoms with E-state index in [0.29, 0.717) is 16.9 Å². The van der Waals surface area contributed by atoms with E-state index >= 15 is 0 Å². The molecule has 0 bridgehead atoms. The topological polar surface area (TPSA) is 67.6 Å². The van der Waals surface area contributed by atoms with Gasteiger partial charge in [0, 0.05) is 28.1 Å². The van der Waals surface area contributed by atoms with Crippen molar-refractivity contribution in [1.82, 2.24) is 15.0 Å².